The van der Waals surface area contributed by atoms with Gasteiger partial charge >= 0.3 is 11.9 Å². The van der Waals surface area contributed by atoms with Gasteiger partial charge in [0, 0.05) is 18.9 Å². The van der Waals surface area contributed by atoms with Gasteiger partial charge < -0.3 is 15.6 Å². The average Bonchev–Trinajstić information content (AvgIpc) is 2.48. The fraction of sp³-hybridized carbons (Fsp3) is 0.588. The molecular formula is C17H25N3O4. The Bertz CT molecular complexity index is 585. The van der Waals surface area contributed by atoms with Gasteiger partial charge in [0.15, 0.2) is 0 Å². The number of carboxylic acids is 1. The van der Waals surface area contributed by atoms with Gasteiger partial charge in [-0.3, -0.25) is 19.5 Å². The number of carbonyl (C=O) groups is 2. The predicted octanol–water partition coefficient (Wildman–Crippen LogP) is 1.55. The maximum absolute atomic E-state index is 12.2. The first kappa shape index (κ1) is 18.4. The summed E-state index contributed by atoms with van der Waals surface area (Å²) < 4.78 is 5.42. The number of aromatic nitrogens is 1. The van der Waals surface area contributed by atoms with Gasteiger partial charge in [0.05, 0.1) is 12.1 Å². The van der Waals surface area contributed by atoms with Gasteiger partial charge in [0.25, 0.3) is 0 Å². The number of hydrogen-bond acceptors (Lipinski definition) is 6. The molecule has 132 valence electrons. The number of nitrogens with two attached hydrogens (primary N) is 1. The minimum absolute atomic E-state index is 0.270. The zero-order chi connectivity index (χ0) is 17.9. The number of carbonyl (C=O) groups excluding carboxylic acids is 1. The molecule has 1 aliphatic rings. The molecule has 24 heavy (non-hydrogen) atoms. The van der Waals surface area contributed by atoms with Crippen LogP contribution in [0.3, 0.4) is 0 Å². The Morgan fingerprint density at radius 2 is 2.00 bits per heavy atom. The molecule has 7 heteroatoms. The van der Waals surface area contributed by atoms with Crippen LogP contribution in [-0.2, 0) is 14.3 Å². The van der Waals surface area contributed by atoms with Crippen LogP contribution in [0.5, 0.6) is 0 Å². The summed E-state index contributed by atoms with van der Waals surface area (Å²) in [5, 5.41) is 9.62. The Balaban J connectivity index is 2.09. The molecule has 0 spiro atoms. The van der Waals surface area contributed by atoms with Crippen molar-refractivity contribution < 1.29 is 19.4 Å². The van der Waals surface area contributed by atoms with E-state index in [1.807, 2.05) is 20.8 Å². The topological polar surface area (TPSA) is 106 Å². The standard InChI is InChI=1S/C17H25N3O4/c1-17(2,3)24-16(23)12-6-9-20(13(18)10-12)14(15(21)22)11-4-7-19-8-5-11/h4-5,7-8,12-14H,6,9-10,18H2,1-3H3,(H,21,22). The van der Waals surface area contributed by atoms with Gasteiger partial charge in [-0.15, -0.1) is 0 Å². The summed E-state index contributed by atoms with van der Waals surface area (Å²) in [6.07, 6.45) is 3.50. The number of esters is 1. The van der Waals surface area contributed by atoms with Crippen LogP contribution in [0.15, 0.2) is 24.5 Å². The van der Waals surface area contributed by atoms with E-state index in [1.54, 1.807) is 29.4 Å². The Labute approximate surface area is 141 Å². The molecule has 0 radical (unpaired) electrons. The molecule has 1 saturated heterocycles. The molecule has 0 saturated carbocycles. The van der Waals surface area contributed by atoms with Crippen molar-refractivity contribution in [1.82, 2.24) is 9.88 Å². The number of likely N-dealkylation sites (tertiary alicyclic amines) is 1. The fourth-order valence-electron chi connectivity index (χ4n) is 2.96. The lowest BCUT2D eigenvalue weighted by atomic mass is 9.92. The Morgan fingerprint density at radius 1 is 1.38 bits per heavy atom. The summed E-state index contributed by atoms with van der Waals surface area (Å²) in [7, 11) is 0. The summed E-state index contributed by atoms with van der Waals surface area (Å²) in [4.78, 5) is 29.6. The maximum atomic E-state index is 12.2. The third kappa shape index (κ3) is 4.52. The van der Waals surface area contributed by atoms with Gasteiger partial charge in [0.2, 0.25) is 0 Å². The highest BCUT2D eigenvalue weighted by molar-refractivity contribution is 5.76. The van der Waals surface area contributed by atoms with E-state index < -0.39 is 23.8 Å². The van der Waals surface area contributed by atoms with Crippen LogP contribution in [0.25, 0.3) is 0 Å². The summed E-state index contributed by atoms with van der Waals surface area (Å²) in [5.74, 6) is -1.54. The molecule has 2 heterocycles. The fourth-order valence-corrected chi connectivity index (χ4v) is 2.96. The van der Waals surface area contributed by atoms with Crippen molar-refractivity contribution in [3.05, 3.63) is 30.1 Å². The molecule has 1 aromatic heterocycles. The monoisotopic (exact) mass is 335 g/mol. The third-order valence-corrected chi connectivity index (χ3v) is 4.02. The van der Waals surface area contributed by atoms with Crippen LogP contribution in [0.4, 0.5) is 0 Å². The van der Waals surface area contributed by atoms with E-state index in [0.29, 0.717) is 24.9 Å². The van der Waals surface area contributed by atoms with Crippen LogP contribution in [0.2, 0.25) is 0 Å². The van der Waals surface area contributed by atoms with E-state index in [9.17, 15) is 14.7 Å². The van der Waals surface area contributed by atoms with E-state index in [0.717, 1.165) is 0 Å². The molecule has 1 aliphatic heterocycles. The van der Waals surface area contributed by atoms with Crippen LogP contribution in [-0.4, -0.2) is 45.2 Å². The first-order chi connectivity index (χ1) is 11.2. The molecule has 0 aromatic carbocycles. The quantitative estimate of drug-likeness (QED) is 0.804. The van der Waals surface area contributed by atoms with E-state index >= 15 is 0 Å². The number of pyridine rings is 1. The van der Waals surface area contributed by atoms with Crippen molar-refractivity contribution in [3.63, 3.8) is 0 Å². The highest BCUT2D eigenvalue weighted by atomic mass is 16.6. The van der Waals surface area contributed by atoms with Gasteiger partial charge in [-0.1, -0.05) is 0 Å². The zero-order valence-corrected chi connectivity index (χ0v) is 14.3. The first-order valence-electron chi connectivity index (χ1n) is 8.06. The van der Waals surface area contributed by atoms with Crippen LogP contribution in [0.1, 0.15) is 45.2 Å². The van der Waals surface area contributed by atoms with Crippen molar-refractivity contribution in [2.24, 2.45) is 11.7 Å². The van der Waals surface area contributed by atoms with Crippen LogP contribution >= 0.6 is 0 Å². The molecule has 1 aromatic rings. The second kappa shape index (κ2) is 7.27. The summed E-state index contributed by atoms with van der Waals surface area (Å²) in [6.45, 7) is 5.89. The molecular weight excluding hydrogens is 310 g/mol. The smallest absolute Gasteiger partial charge is 0.325 e. The highest BCUT2D eigenvalue weighted by Crippen LogP contribution is 2.30. The molecule has 3 unspecified atom stereocenters. The summed E-state index contributed by atoms with van der Waals surface area (Å²) in [5.41, 5.74) is 6.27. The molecule has 7 nitrogen and oxygen atoms in total. The predicted molar refractivity (Wildman–Crippen MR) is 87.9 cm³/mol. The van der Waals surface area contributed by atoms with Crippen LogP contribution < -0.4 is 5.73 Å². The van der Waals surface area contributed by atoms with E-state index in [2.05, 4.69) is 4.98 Å². The number of nitrogens with zero attached hydrogens (tertiary/aromatic N) is 2. The molecule has 0 amide bonds. The summed E-state index contributed by atoms with van der Waals surface area (Å²) in [6, 6.07) is 2.50. The van der Waals surface area contributed by atoms with Crippen molar-refractivity contribution in [1.29, 1.82) is 0 Å². The number of ether oxygens (including phenoxy) is 1. The largest absolute Gasteiger partial charge is 0.480 e. The second-order valence-electron chi connectivity index (χ2n) is 7.08. The minimum atomic E-state index is -0.965. The number of piperidine rings is 1. The summed E-state index contributed by atoms with van der Waals surface area (Å²) >= 11 is 0. The number of aliphatic carboxylic acids is 1. The molecule has 1 fully saturated rings. The average molecular weight is 335 g/mol. The second-order valence-corrected chi connectivity index (χ2v) is 7.08. The molecule has 0 aliphatic carbocycles. The van der Waals surface area contributed by atoms with Crippen LogP contribution in [0, 0.1) is 5.92 Å². The van der Waals surface area contributed by atoms with Gasteiger partial charge in [0.1, 0.15) is 11.6 Å². The first-order valence-corrected chi connectivity index (χ1v) is 8.06. The van der Waals surface area contributed by atoms with Crippen molar-refractivity contribution >= 4 is 11.9 Å². The van der Waals surface area contributed by atoms with E-state index in [-0.39, 0.29) is 11.9 Å². The molecule has 2 rings (SSSR count). The van der Waals surface area contributed by atoms with Gasteiger partial charge in [-0.25, -0.2) is 0 Å². The normalized spacial score (nSPS) is 23.5. The van der Waals surface area contributed by atoms with Crippen molar-refractivity contribution in [2.75, 3.05) is 6.54 Å². The molecule has 0 bridgehead atoms. The lowest BCUT2D eigenvalue weighted by Gasteiger charge is -2.40. The third-order valence-electron chi connectivity index (χ3n) is 4.02. The Hall–Kier alpha value is -1.99. The Morgan fingerprint density at radius 3 is 2.50 bits per heavy atom. The minimum Gasteiger partial charge on any atom is -0.480 e. The molecule has 3 N–H and O–H groups in total. The lowest BCUT2D eigenvalue weighted by Crippen LogP contribution is -2.52. The SMILES string of the molecule is CC(C)(C)OC(=O)C1CCN(C(C(=O)O)c2ccncc2)C(N)C1. The van der Waals surface area contributed by atoms with Crippen molar-refractivity contribution in [2.45, 2.75) is 51.4 Å². The van der Waals surface area contributed by atoms with Crippen molar-refractivity contribution in [3.8, 4) is 0 Å². The number of rotatable bonds is 4. The van der Waals surface area contributed by atoms with E-state index in [4.69, 9.17) is 10.5 Å². The number of hydrogen-bond donors (Lipinski definition) is 2. The lowest BCUT2D eigenvalue weighted by molar-refractivity contribution is -0.163. The van der Waals surface area contributed by atoms with Gasteiger partial charge in [-0.2, -0.15) is 0 Å². The zero-order valence-electron chi connectivity index (χ0n) is 14.3. The van der Waals surface area contributed by atoms with Gasteiger partial charge in [-0.05, 0) is 51.3 Å². The van der Waals surface area contributed by atoms with E-state index in [1.165, 1.54) is 0 Å². The number of carboxylic acid groups (broad SMARTS) is 1. The highest BCUT2D eigenvalue weighted by Gasteiger charge is 2.38. The Kier molecular flexibility index (Phi) is 5.56. The molecule has 3 atom stereocenters. The maximum Gasteiger partial charge on any atom is 0.325 e.